The molecular formula is C18H18ClNO3S. The fraction of sp³-hybridized carbons (Fsp3) is 0.278. The molecule has 1 heterocycles. The van der Waals surface area contributed by atoms with Gasteiger partial charge >= 0.3 is 0 Å². The van der Waals surface area contributed by atoms with Crippen LogP contribution in [-0.4, -0.2) is 30.8 Å². The molecule has 1 unspecified atom stereocenters. The third-order valence-electron chi connectivity index (χ3n) is 3.97. The minimum atomic E-state index is -0.0953. The van der Waals surface area contributed by atoms with E-state index in [2.05, 4.69) is 0 Å². The number of hydrogen-bond donors (Lipinski definition) is 0. The van der Waals surface area contributed by atoms with Crippen LogP contribution in [0.25, 0.3) is 0 Å². The van der Waals surface area contributed by atoms with Gasteiger partial charge < -0.3 is 14.4 Å². The van der Waals surface area contributed by atoms with E-state index in [1.807, 2.05) is 47.4 Å². The summed E-state index contributed by atoms with van der Waals surface area (Å²) in [6.07, 6.45) is 0. The van der Waals surface area contributed by atoms with Gasteiger partial charge in [0, 0.05) is 16.1 Å². The van der Waals surface area contributed by atoms with E-state index >= 15 is 0 Å². The standard InChI is InChI=1S/C18H18ClNO3S/c1-22-13-7-8-16(23-2)12(9-13)10-20-17(21)11-24-18(20)14-5-3-4-6-15(14)19/h3-9,18H,10-11H2,1-2H3. The van der Waals surface area contributed by atoms with Crippen LogP contribution in [0.4, 0.5) is 0 Å². The highest BCUT2D eigenvalue weighted by Gasteiger charge is 2.34. The number of carbonyl (C=O) groups is 1. The highest BCUT2D eigenvalue weighted by Crippen LogP contribution is 2.43. The van der Waals surface area contributed by atoms with Crippen LogP contribution in [0.15, 0.2) is 42.5 Å². The lowest BCUT2D eigenvalue weighted by molar-refractivity contribution is -0.128. The summed E-state index contributed by atoms with van der Waals surface area (Å²) in [6, 6.07) is 13.2. The van der Waals surface area contributed by atoms with Gasteiger partial charge in [-0.2, -0.15) is 0 Å². The number of hydrogen-bond acceptors (Lipinski definition) is 4. The number of carbonyl (C=O) groups excluding carboxylic acids is 1. The van der Waals surface area contributed by atoms with Gasteiger partial charge in [0.2, 0.25) is 5.91 Å². The quantitative estimate of drug-likeness (QED) is 0.800. The van der Waals surface area contributed by atoms with Crippen molar-refractivity contribution < 1.29 is 14.3 Å². The van der Waals surface area contributed by atoms with Crippen molar-refractivity contribution >= 4 is 29.3 Å². The van der Waals surface area contributed by atoms with Crippen LogP contribution in [0.1, 0.15) is 16.5 Å². The Kier molecular flexibility index (Phi) is 5.21. The average molecular weight is 364 g/mol. The molecule has 1 fully saturated rings. The normalized spacial score (nSPS) is 17.2. The van der Waals surface area contributed by atoms with E-state index in [1.54, 1.807) is 26.0 Å². The van der Waals surface area contributed by atoms with Gasteiger partial charge in [0.05, 0.1) is 26.5 Å². The molecule has 1 amide bonds. The van der Waals surface area contributed by atoms with Gasteiger partial charge in [0.15, 0.2) is 0 Å². The highest BCUT2D eigenvalue weighted by molar-refractivity contribution is 8.00. The first kappa shape index (κ1) is 17.0. The van der Waals surface area contributed by atoms with E-state index in [4.69, 9.17) is 21.1 Å². The number of methoxy groups -OCH3 is 2. The maximum atomic E-state index is 12.4. The summed E-state index contributed by atoms with van der Waals surface area (Å²) in [5.41, 5.74) is 1.86. The van der Waals surface area contributed by atoms with Crippen LogP contribution in [0, 0.1) is 0 Å². The molecule has 1 atom stereocenters. The van der Waals surface area contributed by atoms with Crippen molar-refractivity contribution in [2.75, 3.05) is 20.0 Å². The molecule has 0 aliphatic carbocycles. The summed E-state index contributed by atoms with van der Waals surface area (Å²) in [4.78, 5) is 14.3. The van der Waals surface area contributed by atoms with Gasteiger partial charge in [-0.05, 0) is 24.3 Å². The van der Waals surface area contributed by atoms with Crippen molar-refractivity contribution in [3.05, 3.63) is 58.6 Å². The summed E-state index contributed by atoms with van der Waals surface area (Å²) in [7, 11) is 3.24. The summed E-state index contributed by atoms with van der Waals surface area (Å²) in [6.45, 7) is 0.447. The van der Waals surface area contributed by atoms with Gasteiger partial charge in [-0.15, -0.1) is 11.8 Å². The van der Waals surface area contributed by atoms with E-state index in [9.17, 15) is 4.79 Å². The molecule has 24 heavy (non-hydrogen) atoms. The Morgan fingerprint density at radius 1 is 1.21 bits per heavy atom. The van der Waals surface area contributed by atoms with Gasteiger partial charge in [-0.25, -0.2) is 0 Å². The SMILES string of the molecule is COc1ccc(OC)c(CN2C(=O)CSC2c2ccccc2Cl)c1. The smallest absolute Gasteiger partial charge is 0.234 e. The lowest BCUT2D eigenvalue weighted by atomic mass is 10.1. The Hall–Kier alpha value is -1.85. The first-order valence-corrected chi connectivity index (χ1v) is 8.93. The molecule has 1 aliphatic rings. The van der Waals surface area contributed by atoms with Crippen molar-refractivity contribution in [3.8, 4) is 11.5 Å². The molecule has 0 spiro atoms. The van der Waals surface area contributed by atoms with Gasteiger partial charge in [-0.3, -0.25) is 4.79 Å². The Bertz CT molecular complexity index is 753. The molecule has 0 aromatic heterocycles. The first-order valence-electron chi connectivity index (χ1n) is 7.50. The molecule has 0 saturated carbocycles. The number of nitrogens with zero attached hydrogens (tertiary/aromatic N) is 1. The second-order valence-electron chi connectivity index (χ2n) is 5.38. The Balaban J connectivity index is 1.92. The average Bonchev–Trinajstić information content (AvgIpc) is 2.96. The Morgan fingerprint density at radius 3 is 2.71 bits per heavy atom. The van der Waals surface area contributed by atoms with Crippen LogP contribution in [-0.2, 0) is 11.3 Å². The van der Waals surface area contributed by atoms with Crippen molar-refractivity contribution in [1.29, 1.82) is 0 Å². The van der Waals surface area contributed by atoms with Crippen LogP contribution < -0.4 is 9.47 Å². The minimum absolute atomic E-state index is 0.0924. The summed E-state index contributed by atoms with van der Waals surface area (Å²) in [5.74, 6) is 2.01. The lowest BCUT2D eigenvalue weighted by Gasteiger charge is -2.26. The molecule has 2 aromatic carbocycles. The summed E-state index contributed by atoms with van der Waals surface area (Å²) >= 11 is 7.92. The van der Waals surface area contributed by atoms with Crippen LogP contribution in [0.5, 0.6) is 11.5 Å². The first-order chi connectivity index (χ1) is 11.6. The molecule has 1 saturated heterocycles. The molecular weight excluding hydrogens is 346 g/mol. The number of rotatable bonds is 5. The van der Waals surface area contributed by atoms with E-state index in [1.165, 1.54) is 0 Å². The van der Waals surface area contributed by atoms with Crippen molar-refractivity contribution in [3.63, 3.8) is 0 Å². The van der Waals surface area contributed by atoms with Gasteiger partial charge in [0.25, 0.3) is 0 Å². The number of ether oxygens (including phenoxy) is 2. The van der Waals surface area contributed by atoms with E-state index in [0.717, 1.165) is 22.6 Å². The monoisotopic (exact) mass is 363 g/mol. The third kappa shape index (κ3) is 3.32. The number of benzene rings is 2. The third-order valence-corrected chi connectivity index (χ3v) is 5.55. The number of thioether (sulfide) groups is 1. The highest BCUT2D eigenvalue weighted by atomic mass is 35.5. The zero-order valence-electron chi connectivity index (χ0n) is 13.5. The summed E-state index contributed by atoms with van der Waals surface area (Å²) < 4.78 is 10.7. The minimum Gasteiger partial charge on any atom is -0.497 e. The fourth-order valence-electron chi connectivity index (χ4n) is 2.75. The maximum Gasteiger partial charge on any atom is 0.234 e. The fourth-order valence-corrected chi connectivity index (χ4v) is 4.27. The van der Waals surface area contributed by atoms with Gasteiger partial charge in [0.1, 0.15) is 16.9 Å². The molecule has 126 valence electrons. The Labute approximate surface area is 150 Å². The predicted molar refractivity (Wildman–Crippen MR) is 96.7 cm³/mol. The molecule has 0 bridgehead atoms. The largest absolute Gasteiger partial charge is 0.497 e. The second-order valence-corrected chi connectivity index (χ2v) is 6.86. The van der Waals surface area contributed by atoms with E-state index in [-0.39, 0.29) is 11.3 Å². The number of halogens is 1. The molecule has 3 rings (SSSR count). The lowest BCUT2D eigenvalue weighted by Crippen LogP contribution is -2.28. The molecule has 6 heteroatoms. The van der Waals surface area contributed by atoms with Crippen LogP contribution in [0.2, 0.25) is 5.02 Å². The molecule has 2 aromatic rings. The Morgan fingerprint density at radius 2 is 2.00 bits per heavy atom. The molecule has 1 aliphatic heterocycles. The summed E-state index contributed by atoms with van der Waals surface area (Å²) in [5, 5.41) is 0.578. The van der Waals surface area contributed by atoms with Crippen molar-refractivity contribution in [2.24, 2.45) is 0 Å². The molecule has 4 nitrogen and oxygen atoms in total. The molecule has 0 N–H and O–H groups in total. The second kappa shape index (κ2) is 7.36. The number of amides is 1. The van der Waals surface area contributed by atoms with Crippen LogP contribution >= 0.6 is 23.4 Å². The predicted octanol–water partition coefficient (Wildman–Crippen LogP) is 4.13. The van der Waals surface area contributed by atoms with Crippen molar-refractivity contribution in [2.45, 2.75) is 11.9 Å². The van der Waals surface area contributed by atoms with E-state index in [0.29, 0.717) is 17.3 Å². The topological polar surface area (TPSA) is 38.8 Å². The zero-order valence-corrected chi connectivity index (χ0v) is 15.1. The van der Waals surface area contributed by atoms with Gasteiger partial charge in [-0.1, -0.05) is 29.8 Å². The zero-order chi connectivity index (χ0) is 17.1. The maximum absolute atomic E-state index is 12.4. The van der Waals surface area contributed by atoms with Crippen LogP contribution in [0.3, 0.4) is 0 Å². The van der Waals surface area contributed by atoms with E-state index < -0.39 is 0 Å². The molecule has 0 radical (unpaired) electrons. The van der Waals surface area contributed by atoms with Crippen molar-refractivity contribution in [1.82, 2.24) is 4.90 Å².